The van der Waals surface area contributed by atoms with Crippen LogP contribution in [0.2, 0.25) is 5.02 Å². The first-order chi connectivity index (χ1) is 16.0. The van der Waals surface area contributed by atoms with Crippen molar-refractivity contribution in [3.63, 3.8) is 0 Å². The van der Waals surface area contributed by atoms with Crippen molar-refractivity contribution in [1.82, 2.24) is 25.2 Å². The van der Waals surface area contributed by atoms with E-state index in [0.29, 0.717) is 24.1 Å². The number of benzene rings is 1. The van der Waals surface area contributed by atoms with Crippen LogP contribution in [0.1, 0.15) is 18.4 Å². The molecule has 0 bridgehead atoms. The zero-order valence-electron chi connectivity index (χ0n) is 19.1. The first kappa shape index (κ1) is 23.2. The monoisotopic (exact) mass is 467 g/mol. The molecule has 0 radical (unpaired) electrons. The van der Waals surface area contributed by atoms with Gasteiger partial charge in [0.2, 0.25) is 11.9 Å². The number of hydrogen-bond donors (Lipinski definition) is 2. The summed E-state index contributed by atoms with van der Waals surface area (Å²) in [6.07, 6.45) is 5.22. The second kappa shape index (κ2) is 10.8. The number of carbonyl (C=O) groups is 1. The highest BCUT2D eigenvalue weighted by Crippen LogP contribution is 2.28. The third-order valence-electron chi connectivity index (χ3n) is 5.91. The molecule has 8 nitrogen and oxygen atoms in total. The number of rotatable bonds is 8. The zero-order chi connectivity index (χ0) is 23.2. The Hall–Kier alpha value is -2.97. The average Bonchev–Trinajstić information content (AvgIpc) is 2.83. The van der Waals surface area contributed by atoms with E-state index in [1.54, 1.807) is 6.20 Å². The minimum atomic E-state index is 0.0512. The summed E-state index contributed by atoms with van der Waals surface area (Å²) in [4.78, 5) is 30.5. The van der Waals surface area contributed by atoms with Crippen LogP contribution in [-0.2, 0) is 11.3 Å². The van der Waals surface area contributed by atoms with E-state index in [9.17, 15) is 4.79 Å². The van der Waals surface area contributed by atoms with Crippen molar-refractivity contribution in [2.24, 2.45) is 5.92 Å². The van der Waals surface area contributed by atoms with E-state index in [1.165, 1.54) is 0 Å². The van der Waals surface area contributed by atoms with Crippen molar-refractivity contribution in [2.45, 2.75) is 19.4 Å². The molecule has 1 fully saturated rings. The summed E-state index contributed by atoms with van der Waals surface area (Å²) in [5, 5.41) is 7.92. The van der Waals surface area contributed by atoms with Crippen LogP contribution in [0.4, 0.5) is 11.8 Å². The molecule has 1 aromatic carbocycles. The molecule has 4 rings (SSSR count). The predicted molar refractivity (Wildman–Crippen MR) is 133 cm³/mol. The maximum Gasteiger partial charge on any atom is 0.223 e. The van der Waals surface area contributed by atoms with E-state index in [0.717, 1.165) is 54.8 Å². The van der Waals surface area contributed by atoms with Crippen molar-refractivity contribution < 1.29 is 4.79 Å². The molecule has 0 saturated carbocycles. The smallest absolute Gasteiger partial charge is 0.223 e. The fraction of sp³-hybridized carbons (Fsp3) is 0.417. The summed E-state index contributed by atoms with van der Waals surface area (Å²) < 4.78 is 0. The van der Waals surface area contributed by atoms with Gasteiger partial charge in [-0.05, 0) is 44.6 Å². The summed E-state index contributed by atoms with van der Waals surface area (Å²) in [5.74, 6) is 1.62. The molecule has 1 saturated heterocycles. The zero-order valence-corrected chi connectivity index (χ0v) is 19.8. The maximum absolute atomic E-state index is 12.5. The number of amides is 1. The molecule has 9 heteroatoms. The van der Waals surface area contributed by atoms with Crippen LogP contribution >= 0.6 is 11.6 Å². The van der Waals surface area contributed by atoms with E-state index in [1.807, 2.05) is 50.6 Å². The van der Waals surface area contributed by atoms with E-state index in [2.05, 4.69) is 35.4 Å². The van der Waals surface area contributed by atoms with E-state index >= 15 is 0 Å². The van der Waals surface area contributed by atoms with Gasteiger partial charge in [-0.2, -0.15) is 0 Å². The Morgan fingerprint density at radius 3 is 2.73 bits per heavy atom. The Kier molecular flexibility index (Phi) is 7.57. The summed E-state index contributed by atoms with van der Waals surface area (Å²) in [5.41, 5.74) is 1.83. The highest BCUT2D eigenvalue weighted by Gasteiger charge is 2.26. The highest BCUT2D eigenvalue weighted by atomic mass is 35.5. The highest BCUT2D eigenvalue weighted by molar-refractivity contribution is 6.31. The Balaban J connectivity index is 1.39. The molecular formula is C24H30ClN7O. The lowest BCUT2D eigenvalue weighted by molar-refractivity contribution is -0.125. The van der Waals surface area contributed by atoms with Gasteiger partial charge >= 0.3 is 0 Å². The quantitative estimate of drug-likeness (QED) is 0.526. The van der Waals surface area contributed by atoms with Gasteiger partial charge in [0.1, 0.15) is 5.82 Å². The lowest BCUT2D eigenvalue weighted by atomic mass is 9.95. The molecule has 0 unspecified atom stereocenters. The summed E-state index contributed by atoms with van der Waals surface area (Å²) in [6.45, 7) is 3.64. The lowest BCUT2D eigenvalue weighted by Crippen LogP contribution is -2.42. The molecule has 0 spiro atoms. The number of piperidine rings is 1. The Labute approximate surface area is 199 Å². The molecule has 1 amide bonds. The van der Waals surface area contributed by atoms with Crippen molar-refractivity contribution in [3.8, 4) is 0 Å². The molecule has 2 N–H and O–H groups in total. The molecule has 3 heterocycles. The third kappa shape index (κ3) is 5.89. The minimum absolute atomic E-state index is 0.0512. The van der Waals surface area contributed by atoms with Gasteiger partial charge in [0.05, 0.1) is 10.9 Å². The molecule has 174 valence electrons. The fourth-order valence-corrected chi connectivity index (χ4v) is 4.20. The van der Waals surface area contributed by atoms with Crippen LogP contribution in [0.5, 0.6) is 0 Å². The number of pyridine rings is 1. The van der Waals surface area contributed by atoms with Crippen LogP contribution in [0.3, 0.4) is 0 Å². The van der Waals surface area contributed by atoms with Gasteiger partial charge in [-0.3, -0.25) is 4.79 Å². The van der Waals surface area contributed by atoms with Crippen molar-refractivity contribution >= 4 is 40.2 Å². The molecule has 3 aromatic rings. The molecule has 2 aromatic heterocycles. The second-order valence-corrected chi connectivity index (χ2v) is 8.97. The Morgan fingerprint density at radius 2 is 1.97 bits per heavy atom. The van der Waals surface area contributed by atoms with Crippen molar-refractivity contribution in [1.29, 1.82) is 0 Å². The molecule has 1 aliphatic rings. The number of fused-ring (bicyclic) bond motifs is 1. The normalized spacial score (nSPS) is 14.6. The first-order valence-electron chi connectivity index (χ1n) is 11.3. The van der Waals surface area contributed by atoms with E-state index < -0.39 is 0 Å². The number of nitrogens with zero attached hydrogens (tertiary/aromatic N) is 5. The SMILES string of the molecule is CN(C)CCNC(=O)C1CCN(c2nccc3nc(NCc4ccccc4Cl)ncc23)CC1. The average molecular weight is 468 g/mol. The number of hydrogen-bond acceptors (Lipinski definition) is 7. The fourth-order valence-electron chi connectivity index (χ4n) is 4.00. The Bertz CT molecular complexity index is 1100. The standard InChI is InChI=1S/C24H30ClN7O/c1-31(2)14-11-27-23(33)17-8-12-32(13-9-17)22-19-16-29-24(30-21(19)7-10-26-22)28-15-18-5-3-4-6-20(18)25/h3-7,10,16-17H,8-9,11-15H2,1-2H3,(H,27,33)(H,28,29,30). The largest absolute Gasteiger partial charge is 0.356 e. The number of anilines is 2. The van der Waals surface area contributed by atoms with Gasteiger partial charge in [-0.25, -0.2) is 15.0 Å². The molecule has 33 heavy (non-hydrogen) atoms. The van der Waals surface area contributed by atoms with Gasteiger partial charge in [0.25, 0.3) is 0 Å². The van der Waals surface area contributed by atoms with Crippen LogP contribution in [0.15, 0.2) is 42.7 Å². The maximum atomic E-state index is 12.5. The van der Waals surface area contributed by atoms with E-state index in [-0.39, 0.29) is 11.8 Å². The van der Waals surface area contributed by atoms with Crippen LogP contribution in [0.25, 0.3) is 10.9 Å². The van der Waals surface area contributed by atoms with Gasteiger partial charge in [-0.1, -0.05) is 29.8 Å². The lowest BCUT2D eigenvalue weighted by Gasteiger charge is -2.32. The van der Waals surface area contributed by atoms with Gasteiger partial charge in [0, 0.05) is 56.1 Å². The van der Waals surface area contributed by atoms with Crippen molar-refractivity contribution in [3.05, 3.63) is 53.3 Å². The third-order valence-corrected chi connectivity index (χ3v) is 6.28. The van der Waals surface area contributed by atoms with Gasteiger partial charge in [-0.15, -0.1) is 0 Å². The van der Waals surface area contributed by atoms with Gasteiger partial charge < -0.3 is 20.4 Å². The summed E-state index contributed by atoms with van der Waals surface area (Å²) in [7, 11) is 4.01. The topological polar surface area (TPSA) is 86.3 Å². The van der Waals surface area contributed by atoms with Gasteiger partial charge in [0.15, 0.2) is 0 Å². The number of halogens is 1. The summed E-state index contributed by atoms with van der Waals surface area (Å²) >= 11 is 6.24. The Morgan fingerprint density at radius 1 is 1.18 bits per heavy atom. The summed E-state index contributed by atoms with van der Waals surface area (Å²) in [6, 6.07) is 9.61. The van der Waals surface area contributed by atoms with Crippen LogP contribution in [0, 0.1) is 5.92 Å². The minimum Gasteiger partial charge on any atom is -0.356 e. The predicted octanol–water partition coefficient (Wildman–Crippen LogP) is 3.18. The second-order valence-electron chi connectivity index (χ2n) is 8.56. The van der Waals surface area contributed by atoms with Crippen LogP contribution in [-0.4, -0.2) is 66.0 Å². The molecule has 1 aliphatic heterocycles. The van der Waals surface area contributed by atoms with Crippen LogP contribution < -0.4 is 15.5 Å². The number of aromatic nitrogens is 3. The molecule has 0 atom stereocenters. The van der Waals surface area contributed by atoms with E-state index in [4.69, 9.17) is 11.6 Å². The molecular weight excluding hydrogens is 438 g/mol. The first-order valence-corrected chi connectivity index (χ1v) is 11.7. The number of carbonyl (C=O) groups excluding carboxylic acids is 1. The molecule has 0 aliphatic carbocycles. The van der Waals surface area contributed by atoms with Crippen molar-refractivity contribution in [2.75, 3.05) is 50.5 Å². The number of nitrogens with one attached hydrogen (secondary N) is 2. The number of likely N-dealkylation sites (N-methyl/N-ethyl adjacent to an activating group) is 1.